The summed E-state index contributed by atoms with van der Waals surface area (Å²) in [5.74, 6) is 0.540. The first-order chi connectivity index (χ1) is 9.13. The molecule has 0 spiro atoms. The minimum atomic E-state index is -0.411. The molecule has 2 unspecified atom stereocenters. The average molecular weight is 263 g/mol. The molecule has 0 bridgehead atoms. The number of methoxy groups -OCH3 is 1. The van der Waals surface area contributed by atoms with Crippen LogP contribution in [0.4, 0.5) is 5.69 Å². The largest absolute Gasteiger partial charge is 0.487 e. The Morgan fingerprint density at radius 2 is 2.05 bits per heavy atom. The molecule has 0 aliphatic heterocycles. The first-order valence-corrected chi connectivity index (χ1v) is 6.77. The fourth-order valence-corrected chi connectivity index (χ4v) is 2.57. The minimum Gasteiger partial charge on any atom is -0.487 e. The second-order valence-electron chi connectivity index (χ2n) is 5.13. The fraction of sp³-hybridized carbons (Fsp3) is 0.533. The van der Waals surface area contributed by atoms with Crippen molar-refractivity contribution < 1.29 is 14.3 Å². The summed E-state index contributed by atoms with van der Waals surface area (Å²) in [5, 5.41) is 0. The zero-order chi connectivity index (χ0) is 13.8. The van der Waals surface area contributed by atoms with Crippen molar-refractivity contribution in [1.82, 2.24) is 0 Å². The van der Waals surface area contributed by atoms with Gasteiger partial charge in [0.05, 0.1) is 12.8 Å². The van der Waals surface area contributed by atoms with Crippen LogP contribution in [0.1, 0.15) is 43.0 Å². The van der Waals surface area contributed by atoms with Crippen LogP contribution in [0.3, 0.4) is 0 Å². The number of rotatable bonds is 3. The van der Waals surface area contributed by atoms with Crippen LogP contribution in [-0.2, 0) is 4.74 Å². The van der Waals surface area contributed by atoms with Crippen molar-refractivity contribution in [3.8, 4) is 5.75 Å². The summed E-state index contributed by atoms with van der Waals surface area (Å²) in [6.45, 7) is 2.18. The number of para-hydroxylation sites is 1. The van der Waals surface area contributed by atoms with Crippen molar-refractivity contribution in [1.29, 1.82) is 0 Å². The van der Waals surface area contributed by atoms with E-state index in [-0.39, 0.29) is 6.10 Å². The maximum Gasteiger partial charge on any atom is 0.341 e. The fourth-order valence-electron chi connectivity index (χ4n) is 2.57. The van der Waals surface area contributed by atoms with Gasteiger partial charge in [-0.15, -0.1) is 0 Å². The molecule has 1 aliphatic rings. The van der Waals surface area contributed by atoms with Crippen LogP contribution in [0.15, 0.2) is 18.2 Å². The summed E-state index contributed by atoms with van der Waals surface area (Å²) in [6.07, 6.45) is 4.70. The predicted octanol–water partition coefficient (Wildman–Crippen LogP) is 3.01. The first-order valence-electron chi connectivity index (χ1n) is 6.77. The van der Waals surface area contributed by atoms with Crippen molar-refractivity contribution >= 4 is 11.7 Å². The standard InChI is InChI=1S/C15H21NO3/c1-10-6-3-4-9-13(10)19-14-11(15(17)18-2)7-5-8-12(14)16/h5,7-8,10,13H,3-4,6,9,16H2,1-2H3. The topological polar surface area (TPSA) is 61.5 Å². The minimum absolute atomic E-state index is 0.127. The number of hydrogen-bond donors (Lipinski definition) is 1. The van der Waals surface area contributed by atoms with Gasteiger partial charge < -0.3 is 15.2 Å². The summed E-state index contributed by atoms with van der Waals surface area (Å²) in [6, 6.07) is 5.17. The monoisotopic (exact) mass is 263 g/mol. The van der Waals surface area contributed by atoms with E-state index in [0.717, 1.165) is 19.3 Å². The van der Waals surface area contributed by atoms with Crippen LogP contribution in [0.2, 0.25) is 0 Å². The quantitative estimate of drug-likeness (QED) is 0.672. The van der Waals surface area contributed by atoms with Gasteiger partial charge in [-0.2, -0.15) is 0 Å². The Kier molecular flexibility index (Phi) is 4.30. The normalized spacial score (nSPS) is 22.8. The Bertz CT molecular complexity index is 459. The molecule has 104 valence electrons. The highest BCUT2D eigenvalue weighted by molar-refractivity contribution is 5.94. The molecule has 2 rings (SSSR count). The van der Waals surface area contributed by atoms with Gasteiger partial charge in [0.25, 0.3) is 0 Å². The second-order valence-corrected chi connectivity index (χ2v) is 5.13. The summed E-state index contributed by atoms with van der Waals surface area (Å²) < 4.78 is 10.8. The predicted molar refractivity (Wildman–Crippen MR) is 74.2 cm³/mol. The van der Waals surface area contributed by atoms with Gasteiger partial charge in [0, 0.05) is 0 Å². The van der Waals surface area contributed by atoms with Crippen LogP contribution < -0.4 is 10.5 Å². The molecule has 0 heterocycles. The number of carbonyl (C=O) groups excluding carboxylic acids is 1. The molecular weight excluding hydrogens is 242 g/mol. The molecule has 1 saturated carbocycles. The van der Waals surface area contributed by atoms with E-state index < -0.39 is 5.97 Å². The number of hydrogen-bond acceptors (Lipinski definition) is 4. The first kappa shape index (κ1) is 13.7. The highest BCUT2D eigenvalue weighted by Gasteiger charge is 2.26. The Morgan fingerprint density at radius 1 is 1.32 bits per heavy atom. The molecule has 1 fully saturated rings. The Hall–Kier alpha value is -1.71. The van der Waals surface area contributed by atoms with Crippen molar-refractivity contribution in [2.75, 3.05) is 12.8 Å². The number of benzene rings is 1. The molecule has 0 aromatic heterocycles. The maximum atomic E-state index is 11.8. The molecule has 4 nitrogen and oxygen atoms in total. The average Bonchev–Trinajstić information content (AvgIpc) is 2.42. The van der Waals surface area contributed by atoms with Gasteiger partial charge in [0.1, 0.15) is 11.7 Å². The van der Waals surface area contributed by atoms with Gasteiger partial charge in [-0.1, -0.05) is 19.4 Å². The van der Waals surface area contributed by atoms with E-state index in [1.807, 2.05) is 0 Å². The number of ether oxygens (including phenoxy) is 2. The SMILES string of the molecule is COC(=O)c1cccc(N)c1OC1CCCCC1C. The summed E-state index contributed by atoms with van der Waals surface area (Å²) in [5.41, 5.74) is 6.83. The van der Waals surface area contributed by atoms with Gasteiger partial charge in [0.15, 0.2) is 5.75 Å². The number of carbonyl (C=O) groups is 1. The smallest absolute Gasteiger partial charge is 0.341 e. The third-order valence-electron chi connectivity index (χ3n) is 3.75. The molecule has 0 saturated heterocycles. The van der Waals surface area contributed by atoms with Gasteiger partial charge in [-0.25, -0.2) is 4.79 Å². The molecule has 2 atom stereocenters. The van der Waals surface area contributed by atoms with Crippen molar-refractivity contribution in [2.45, 2.75) is 38.7 Å². The van der Waals surface area contributed by atoms with Crippen LogP contribution in [-0.4, -0.2) is 19.2 Å². The molecule has 1 aromatic rings. The van der Waals surface area contributed by atoms with Crippen LogP contribution in [0.5, 0.6) is 5.75 Å². The molecule has 0 radical (unpaired) electrons. The van der Waals surface area contributed by atoms with E-state index in [1.54, 1.807) is 18.2 Å². The van der Waals surface area contributed by atoms with E-state index in [2.05, 4.69) is 6.92 Å². The number of nitrogen functional groups attached to an aromatic ring is 1. The maximum absolute atomic E-state index is 11.8. The second kappa shape index (κ2) is 5.95. The van der Waals surface area contributed by atoms with E-state index in [1.165, 1.54) is 13.5 Å². The summed E-state index contributed by atoms with van der Waals surface area (Å²) in [7, 11) is 1.36. The van der Waals surface area contributed by atoms with Gasteiger partial charge in [0.2, 0.25) is 0 Å². The molecule has 1 aliphatic carbocycles. The van der Waals surface area contributed by atoms with E-state index in [0.29, 0.717) is 22.9 Å². The zero-order valence-electron chi connectivity index (χ0n) is 11.5. The summed E-state index contributed by atoms with van der Waals surface area (Å²) >= 11 is 0. The Balaban J connectivity index is 2.25. The molecule has 0 amide bonds. The van der Waals surface area contributed by atoms with E-state index >= 15 is 0 Å². The highest BCUT2D eigenvalue weighted by Crippen LogP contribution is 2.33. The number of nitrogens with two attached hydrogens (primary N) is 1. The highest BCUT2D eigenvalue weighted by atomic mass is 16.5. The lowest BCUT2D eigenvalue weighted by Crippen LogP contribution is -2.29. The lowest BCUT2D eigenvalue weighted by Gasteiger charge is -2.30. The van der Waals surface area contributed by atoms with Crippen molar-refractivity contribution in [3.63, 3.8) is 0 Å². The molecule has 19 heavy (non-hydrogen) atoms. The van der Waals surface area contributed by atoms with E-state index in [9.17, 15) is 4.79 Å². The van der Waals surface area contributed by atoms with Gasteiger partial charge in [-0.05, 0) is 37.3 Å². The molecular formula is C15H21NO3. The molecule has 2 N–H and O–H groups in total. The third kappa shape index (κ3) is 3.00. The van der Waals surface area contributed by atoms with Crippen molar-refractivity contribution in [2.24, 2.45) is 5.92 Å². The summed E-state index contributed by atoms with van der Waals surface area (Å²) in [4.78, 5) is 11.8. The molecule has 1 aromatic carbocycles. The zero-order valence-corrected chi connectivity index (χ0v) is 11.5. The lowest BCUT2D eigenvalue weighted by molar-refractivity contribution is 0.0581. The Labute approximate surface area is 113 Å². The van der Waals surface area contributed by atoms with Gasteiger partial charge >= 0.3 is 5.97 Å². The van der Waals surface area contributed by atoms with Crippen LogP contribution in [0, 0.1) is 5.92 Å². The van der Waals surface area contributed by atoms with Crippen molar-refractivity contribution in [3.05, 3.63) is 23.8 Å². The lowest BCUT2D eigenvalue weighted by atomic mass is 9.88. The number of anilines is 1. The van der Waals surface area contributed by atoms with E-state index in [4.69, 9.17) is 15.2 Å². The third-order valence-corrected chi connectivity index (χ3v) is 3.75. The Morgan fingerprint density at radius 3 is 2.74 bits per heavy atom. The number of esters is 1. The molecule has 4 heteroatoms. The van der Waals surface area contributed by atoms with Crippen LogP contribution in [0.25, 0.3) is 0 Å². The van der Waals surface area contributed by atoms with Crippen LogP contribution >= 0.6 is 0 Å². The van der Waals surface area contributed by atoms with Gasteiger partial charge in [-0.3, -0.25) is 0 Å².